The van der Waals surface area contributed by atoms with Crippen LogP contribution in [0.2, 0.25) is 0 Å². The highest BCUT2D eigenvalue weighted by molar-refractivity contribution is 7.47. The van der Waals surface area contributed by atoms with Crippen molar-refractivity contribution in [2.75, 3.05) is 18.9 Å². The van der Waals surface area contributed by atoms with E-state index in [4.69, 9.17) is 33.3 Å². The largest absolute Gasteiger partial charge is 0.472 e. The fourth-order valence-electron chi connectivity index (χ4n) is 6.29. The van der Waals surface area contributed by atoms with Crippen LogP contribution in [-0.2, 0) is 36.7 Å². The third-order valence-corrected chi connectivity index (χ3v) is 10.5. The summed E-state index contributed by atoms with van der Waals surface area (Å²) in [5.74, 6) is -3.90. The van der Waals surface area contributed by atoms with Crippen LogP contribution < -0.4 is 11.3 Å². The first kappa shape index (κ1) is 30.9. The van der Waals surface area contributed by atoms with Gasteiger partial charge in [0.05, 0.1) is 43.6 Å². The van der Waals surface area contributed by atoms with Gasteiger partial charge in [-0.05, 0) is 0 Å². The van der Waals surface area contributed by atoms with Crippen molar-refractivity contribution in [1.82, 2.24) is 39.0 Å². The molecule has 4 aliphatic rings. The Bertz CT molecular complexity index is 2070. The Morgan fingerprint density at radius 3 is 2.47 bits per heavy atom. The topological polar surface area (TPSA) is 263 Å². The van der Waals surface area contributed by atoms with Crippen LogP contribution in [0.4, 0.5) is 19.1 Å². The number of ether oxygens (including phenoxy) is 2. The van der Waals surface area contributed by atoms with Crippen LogP contribution >= 0.6 is 15.6 Å². The van der Waals surface area contributed by atoms with Crippen molar-refractivity contribution in [2.24, 2.45) is 5.41 Å². The number of nitrogens with two attached hydrogens (primary N) is 1. The SMILES string of the molecule is Nc1nc2c(ncn2[C@@H]2O[C@@H]3COP(=O)(O)O[C@H]4[C@H](n5cnc6cncnc65)O[C@H](COP(=O)(O)O[C@H]3[C@H]2F)[C@@]42CC2(F)F)c(=O)[nH]1. The number of anilines is 1. The molecule has 1 saturated carbocycles. The maximum absolute atomic E-state index is 16.0. The lowest BCUT2D eigenvalue weighted by molar-refractivity contribution is -0.0672. The molecule has 1 aliphatic carbocycles. The van der Waals surface area contributed by atoms with Gasteiger partial charge in [-0.3, -0.25) is 37.0 Å². The molecule has 4 aromatic heterocycles. The number of phosphoric acid groups is 2. The van der Waals surface area contributed by atoms with E-state index in [0.29, 0.717) is 0 Å². The van der Waals surface area contributed by atoms with Crippen molar-refractivity contribution in [3.63, 3.8) is 0 Å². The molecule has 3 aliphatic heterocycles. The van der Waals surface area contributed by atoms with Gasteiger partial charge in [-0.25, -0.2) is 42.2 Å². The number of aromatic amines is 1. The molecule has 0 radical (unpaired) electrons. The number of H-pyrrole nitrogens is 1. The zero-order valence-electron chi connectivity index (χ0n) is 23.3. The maximum atomic E-state index is 16.0. The number of halogens is 3. The summed E-state index contributed by atoms with van der Waals surface area (Å²) in [6.45, 7) is -2.04. The number of hydrogen-bond acceptors (Lipinski definition) is 15. The molecule has 4 aromatic rings. The van der Waals surface area contributed by atoms with Crippen molar-refractivity contribution in [3.05, 3.63) is 35.5 Å². The number of nitrogens with zero attached hydrogens (tertiary/aromatic N) is 7. The standard InChI is InChI=1S/C22H22F3N9O11P2/c23-11-13-9(42-18(11)34-7-30-12-16(34)31-20(26)32-17(12)35)2-40-47(38,39)45-14-19(33-6-29-8-1-27-5-28-15(8)33)43-10(3-41-46(36,37)44-13)21(14)4-22(21,24)25/h1,5-7,9-11,13-14,18-19H,2-4H2,(H,36,37)(H,38,39)(H3,26,31,32,35)/t9-,10-,11-,13-,14+,18-,19-,21+/m1/s1. The van der Waals surface area contributed by atoms with Gasteiger partial charge in [0.2, 0.25) is 5.95 Å². The van der Waals surface area contributed by atoms with Crippen LogP contribution in [0.1, 0.15) is 18.9 Å². The second-order valence-corrected chi connectivity index (χ2v) is 14.0. The number of rotatable bonds is 2. The molecule has 0 amide bonds. The average molecular weight is 707 g/mol. The van der Waals surface area contributed by atoms with E-state index in [1.165, 1.54) is 17.1 Å². The Kier molecular flexibility index (Phi) is 6.79. The second-order valence-electron chi connectivity index (χ2n) is 11.2. The summed E-state index contributed by atoms with van der Waals surface area (Å²) in [7, 11) is -10.6. The summed E-state index contributed by atoms with van der Waals surface area (Å²) in [6.07, 6.45) is -9.35. The van der Waals surface area contributed by atoms with Gasteiger partial charge in [0.1, 0.15) is 30.2 Å². The lowest BCUT2D eigenvalue weighted by atomic mass is 9.94. The Morgan fingerprint density at radius 1 is 1.00 bits per heavy atom. The first-order valence-corrected chi connectivity index (χ1v) is 16.7. The number of nitrogen functional groups attached to an aromatic ring is 1. The summed E-state index contributed by atoms with van der Waals surface area (Å²) in [5.41, 5.74) is 2.37. The minimum atomic E-state index is -5.33. The minimum Gasteiger partial charge on any atom is -0.369 e. The highest BCUT2D eigenvalue weighted by Gasteiger charge is 2.84. The fraction of sp³-hybridized carbons (Fsp3) is 0.545. The smallest absolute Gasteiger partial charge is 0.369 e. The first-order chi connectivity index (χ1) is 22.2. The molecule has 3 saturated heterocycles. The molecule has 47 heavy (non-hydrogen) atoms. The first-order valence-electron chi connectivity index (χ1n) is 13.7. The van der Waals surface area contributed by atoms with E-state index in [0.717, 1.165) is 17.2 Å². The Labute approximate surface area is 258 Å². The molecule has 20 nitrogen and oxygen atoms in total. The molecule has 4 fully saturated rings. The van der Waals surface area contributed by atoms with Crippen LogP contribution in [0, 0.1) is 5.41 Å². The summed E-state index contributed by atoms with van der Waals surface area (Å²) in [6, 6.07) is 0. The van der Waals surface area contributed by atoms with E-state index in [-0.39, 0.29) is 28.3 Å². The fourth-order valence-corrected chi connectivity index (χ4v) is 8.21. The van der Waals surface area contributed by atoms with Crippen LogP contribution in [0.15, 0.2) is 30.0 Å². The van der Waals surface area contributed by atoms with Crippen LogP contribution in [0.25, 0.3) is 22.3 Å². The zero-order chi connectivity index (χ0) is 33.1. The molecule has 5 N–H and O–H groups in total. The summed E-state index contributed by atoms with van der Waals surface area (Å²) in [5, 5.41) is 0. The van der Waals surface area contributed by atoms with E-state index < -0.39 is 95.2 Å². The molecule has 10 atom stereocenters. The van der Waals surface area contributed by atoms with E-state index in [1.807, 2.05) is 0 Å². The number of phosphoric ester groups is 2. The highest BCUT2D eigenvalue weighted by Crippen LogP contribution is 2.73. The molecule has 25 heteroatoms. The lowest BCUT2D eigenvalue weighted by Crippen LogP contribution is -2.37. The molecule has 8 rings (SSSR count). The Balaban J connectivity index is 1.15. The molecule has 2 bridgehead atoms. The zero-order valence-corrected chi connectivity index (χ0v) is 25.1. The van der Waals surface area contributed by atoms with Crippen LogP contribution in [0.3, 0.4) is 0 Å². The summed E-state index contributed by atoms with van der Waals surface area (Å²) >= 11 is 0. The Morgan fingerprint density at radius 2 is 1.70 bits per heavy atom. The van der Waals surface area contributed by atoms with Gasteiger partial charge in [0.15, 0.2) is 35.4 Å². The van der Waals surface area contributed by atoms with E-state index in [1.54, 1.807) is 0 Å². The monoisotopic (exact) mass is 707 g/mol. The van der Waals surface area contributed by atoms with E-state index in [2.05, 4.69) is 29.9 Å². The summed E-state index contributed by atoms with van der Waals surface area (Å²) in [4.78, 5) is 55.7. The van der Waals surface area contributed by atoms with Crippen LogP contribution in [0.5, 0.6) is 0 Å². The maximum Gasteiger partial charge on any atom is 0.472 e. The predicted molar refractivity (Wildman–Crippen MR) is 144 cm³/mol. The predicted octanol–water partition coefficient (Wildman–Crippen LogP) is 0.718. The number of aromatic nitrogens is 8. The molecular weight excluding hydrogens is 685 g/mol. The molecule has 252 valence electrons. The van der Waals surface area contributed by atoms with E-state index >= 15 is 13.2 Å². The second kappa shape index (κ2) is 10.3. The molecule has 0 aromatic carbocycles. The summed E-state index contributed by atoms with van der Waals surface area (Å²) < 4.78 is 107. The van der Waals surface area contributed by atoms with Gasteiger partial charge in [-0.15, -0.1) is 0 Å². The quantitative estimate of drug-likeness (QED) is 0.209. The van der Waals surface area contributed by atoms with Crippen molar-refractivity contribution in [2.45, 2.75) is 55.4 Å². The molecule has 7 heterocycles. The average Bonchev–Trinajstić information content (AvgIpc) is 3.48. The van der Waals surface area contributed by atoms with Gasteiger partial charge in [-0.2, -0.15) is 4.98 Å². The molecular formula is C22H22F3N9O11P2. The highest BCUT2D eigenvalue weighted by atomic mass is 31.2. The lowest BCUT2D eigenvalue weighted by Gasteiger charge is -2.27. The van der Waals surface area contributed by atoms with Crippen molar-refractivity contribution < 1.29 is 59.7 Å². The van der Waals surface area contributed by atoms with Gasteiger partial charge < -0.3 is 25.0 Å². The third-order valence-electron chi connectivity index (χ3n) is 8.51. The van der Waals surface area contributed by atoms with Gasteiger partial charge in [0, 0.05) is 6.42 Å². The van der Waals surface area contributed by atoms with Crippen molar-refractivity contribution in [1.29, 1.82) is 0 Å². The third kappa shape index (κ3) is 4.84. The Hall–Kier alpha value is -3.37. The van der Waals surface area contributed by atoms with Gasteiger partial charge in [-0.1, -0.05) is 0 Å². The minimum absolute atomic E-state index is 0.0951. The normalized spacial score (nSPS) is 40.2. The number of imidazole rings is 2. The molecule has 2 unspecified atom stereocenters. The van der Waals surface area contributed by atoms with Crippen LogP contribution in [-0.4, -0.2) is 98.5 Å². The number of alkyl halides is 3. The van der Waals surface area contributed by atoms with E-state index in [9.17, 15) is 23.7 Å². The number of hydrogen-bond donors (Lipinski definition) is 4. The van der Waals surface area contributed by atoms with Gasteiger partial charge >= 0.3 is 15.6 Å². The van der Waals surface area contributed by atoms with Crippen molar-refractivity contribution >= 4 is 43.9 Å². The molecule has 1 spiro atoms. The van der Waals surface area contributed by atoms with Gasteiger partial charge in [0.25, 0.3) is 11.5 Å². The number of fused-ring (bicyclic) bond motifs is 3. The van der Waals surface area contributed by atoms with Crippen molar-refractivity contribution in [3.8, 4) is 0 Å². The number of nitrogens with one attached hydrogen (secondary N) is 1.